The van der Waals surface area contributed by atoms with E-state index in [-0.39, 0.29) is 22.4 Å². The number of hydrogen-bond acceptors (Lipinski definition) is 4. The second kappa shape index (κ2) is 7.63. The number of nitrogens with two attached hydrogens (primary N) is 1. The standard InChI is InChI=1S/C20H15F3N4O2/c1-9-8-26-20(29)15(17(9)27-18-12(21)3-2-4-13(18)22)16(24)10-5-6-11(19(25)28)14(23)7-10/h2-8,24H,1H3,(H2,25,28)(H2,26,27,29). The number of halogens is 3. The Bertz CT molecular complexity index is 1180. The van der Waals surface area contributed by atoms with E-state index in [1.54, 1.807) is 6.92 Å². The molecule has 6 nitrogen and oxygen atoms in total. The smallest absolute Gasteiger partial charge is 0.259 e. The van der Waals surface area contributed by atoms with Gasteiger partial charge in [-0.05, 0) is 36.8 Å². The van der Waals surface area contributed by atoms with E-state index in [4.69, 9.17) is 11.1 Å². The molecule has 0 saturated heterocycles. The van der Waals surface area contributed by atoms with Gasteiger partial charge in [0.25, 0.3) is 11.5 Å². The van der Waals surface area contributed by atoms with Crippen molar-refractivity contribution in [1.82, 2.24) is 4.98 Å². The molecule has 0 aliphatic heterocycles. The highest BCUT2D eigenvalue weighted by Gasteiger charge is 2.20. The van der Waals surface area contributed by atoms with Gasteiger partial charge in [-0.3, -0.25) is 15.0 Å². The first-order chi connectivity index (χ1) is 13.7. The molecule has 1 heterocycles. The summed E-state index contributed by atoms with van der Waals surface area (Å²) >= 11 is 0. The SMILES string of the molecule is Cc1c[nH]c(=O)c(C(=N)c2ccc(C(N)=O)c(F)c2)c1Nc1c(F)cccc1F. The molecule has 0 radical (unpaired) electrons. The quantitative estimate of drug-likeness (QED) is 0.493. The van der Waals surface area contributed by atoms with Crippen LogP contribution in [0.15, 0.2) is 47.4 Å². The van der Waals surface area contributed by atoms with E-state index in [1.165, 1.54) is 18.3 Å². The molecule has 0 atom stereocenters. The molecule has 148 valence electrons. The van der Waals surface area contributed by atoms with Gasteiger partial charge in [-0.1, -0.05) is 12.1 Å². The number of pyridine rings is 1. The minimum absolute atomic E-state index is 0.0119. The molecule has 1 amide bonds. The summed E-state index contributed by atoms with van der Waals surface area (Å²) < 4.78 is 42.2. The first kappa shape index (κ1) is 19.9. The van der Waals surface area contributed by atoms with E-state index >= 15 is 0 Å². The van der Waals surface area contributed by atoms with Crippen molar-refractivity contribution >= 4 is 23.0 Å². The summed E-state index contributed by atoms with van der Waals surface area (Å²) in [5, 5.41) is 10.9. The Balaban J connectivity index is 2.14. The fraction of sp³-hybridized carbons (Fsp3) is 0.0500. The fourth-order valence-electron chi connectivity index (χ4n) is 2.79. The predicted octanol–water partition coefficient (Wildman–Crippen LogP) is 3.36. The van der Waals surface area contributed by atoms with Crippen LogP contribution in [0, 0.1) is 29.8 Å². The van der Waals surface area contributed by atoms with Crippen LogP contribution in [0.4, 0.5) is 24.5 Å². The number of primary amides is 1. The molecule has 0 bridgehead atoms. The summed E-state index contributed by atoms with van der Waals surface area (Å²) in [6.07, 6.45) is 1.32. The summed E-state index contributed by atoms with van der Waals surface area (Å²) in [4.78, 5) is 26.0. The van der Waals surface area contributed by atoms with Crippen LogP contribution in [-0.2, 0) is 0 Å². The number of carbonyl (C=O) groups is 1. The topological polar surface area (TPSA) is 112 Å². The highest BCUT2D eigenvalue weighted by atomic mass is 19.1. The number of rotatable bonds is 5. The number of anilines is 2. The zero-order chi connectivity index (χ0) is 21.3. The molecule has 0 aliphatic carbocycles. The monoisotopic (exact) mass is 400 g/mol. The van der Waals surface area contributed by atoms with Gasteiger partial charge < -0.3 is 16.0 Å². The molecular formula is C20H15F3N4O2. The van der Waals surface area contributed by atoms with Gasteiger partial charge in [0.05, 0.1) is 22.5 Å². The van der Waals surface area contributed by atoms with Crippen molar-refractivity contribution in [2.45, 2.75) is 6.92 Å². The lowest BCUT2D eigenvalue weighted by Gasteiger charge is -2.16. The van der Waals surface area contributed by atoms with E-state index in [0.717, 1.165) is 24.3 Å². The molecule has 29 heavy (non-hydrogen) atoms. The number of H-pyrrole nitrogens is 1. The average molecular weight is 400 g/mol. The third-order valence-electron chi connectivity index (χ3n) is 4.28. The van der Waals surface area contributed by atoms with Gasteiger partial charge in [-0.25, -0.2) is 13.2 Å². The molecular weight excluding hydrogens is 385 g/mol. The first-order valence-electron chi connectivity index (χ1n) is 8.32. The van der Waals surface area contributed by atoms with Crippen LogP contribution in [0.1, 0.15) is 27.0 Å². The molecule has 5 N–H and O–H groups in total. The van der Waals surface area contributed by atoms with Crippen LogP contribution in [0.25, 0.3) is 0 Å². The van der Waals surface area contributed by atoms with Crippen LogP contribution in [0.3, 0.4) is 0 Å². The van der Waals surface area contributed by atoms with Gasteiger partial charge in [0.1, 0.15) is 23.1 Å². The van der Waals surface area contributed by atoms with E-state index in [2.05, 4.69) is 10.3 Å². The molecule has 0 saturated carbocycles. The summed E-state index contributed by atoms with van der Waals surface area (Å²) in [6.45, 7) is 1.56. The number of aryl methyl sites for hydroxylation is 1. The second-order valence-electron chi connectivity index (χ2n) is 6.21. The molecule has 3 rings (SSSR count). The normalized spacial score (nSPS) is 10.6. The van der Waals surface area contributed by atoms with Crippen molar-refractivity contribution in [2.75, 3.05) is 5.32 Å². The molecule has 0 unspecified atom stereocenters. The highest BCUT2D eigenvalue weighted by molar-refractivity contribution is 6.14. The van der Waals surface area contributed by atoms with Gasteiger partial charge in [0.2, 0.25) is 0 Å². The first-order valence-corrected chi connectivity index (χ1v) is 8.32. The second-order valence-corrected chi connectivity index (χ2v) is 6.21. The Morgan fingerprint density at radius 1 is 1.07 bits per heavy atom. The Morgan fingerprint density at radius 3 is 2.31 bits per heavy atom. The number of benzene rings is 2. The van der Waals surface area contributed by atoms with Crippen molar-refractivity contribution in [3.63, 3.8) is 0 Å². The van der Waals surface area contributed by atoms with E-state index in [0.29, 0.717) is 5.56 Å². The van der Waals surface area contributed by atoms with Gasteiger partial charge in [-0.15, -0.1) is 0 Å². The lowest BCUT2D eigenvalue weighted by Crippen LogP contribution is -2.22. The van der Waals surface area contributed by atoms with Crippen molar-refractivity contribution in [3.8, 4) is 0 Å². The van der Waals surface area contributed by atoms with Gasteiger partial charge in [0.15, 0.2) is 0 Å². The molecule has 3 aromatic rings. The molecule has 0 fully saturated rings. The van der Waals surface area contributed by atoms with Crippen molar-refractivity contribution in [2.24, 2.45) is 5.73 Å². The largest absolute Gasteiger partial charge is 0.366 e. The molecule has 0 spiro atoms. The van der Waals surface area contributed by atoms with Crippen molar-refractivity contribution in [1.29, 1.82) is 5.41 Å². The van der Waals surface area contributed by atoms with Gasteiger partial charge in [0, 0.05) is 11.8 Å². The number of para-hydroxylation sites is 1. The van der Waals surface area contributed by atoms with Crippen LogP contribution >= 0.6 is 0 Å². The summed E-state index contributed by atoms with van der Waals surface area (Å²) in [5.74, 6) is -3.72. The lowest BCUT2D eigenvalue weighted by molar-refractivity contribution is 0.0996. The number of nitrogens with one attached hydrogen (secondary N) is 3. The average Bonchev–Trinajstić information content (AvgIpc) is 2.66. The fourth-order valence-corrected chi connectivity index (χ4v) is 2.79. The van der Waals surface area contributed by atoms with Crippen LogP contribution in [0.2, 0.25) is 0 Å². The van der Waals surface area contributed by atoms with Gasteiger partial charge in [-0.2, -0.15) is 0 Å². The van der Waals surface area contributed by atoms with E-state index < -0.39 is 40.3 Å². The highest BCUT2D eigenvalue weighted by Crippen LogP contribution is 2.28. The number of amides is 1. The third-order valence-corrected chi connectivity index (χ3v) is 4.28. The molecule has 0 aliphatic rings. The maximum absolute atomic E-state index is 14.1. The summed E-state index contributed by atoms with van der Waals surface area (Å²) in [7, 11) is 0. The minimum atomic E-state index is -0.980. The summed E-state index contributed by atoms with van der Waals surface area (Å²) in [5.41, 5.74) is 3.17. The van der Waals surface area contributed by atoms with E-state index in [9.17, 15) is 22.8 Å². The van der Waals surface area contributed by atoms with Crippen LogP contribution in [-0.4, -0.2) is 16.6 Å². The lowest BCUT2D eigenvalue weighted by atomic mass is 9.98. The maximum Gasteiger partial charge on any atom is 0.259 e. The Morgan fingerprint density at radius 2 is 1.72 bits per heavy atom. The zero-order valence-electron chi connectivity index (χ0n) is 15.1. The third kappa shape index (κ3) is 3.75. The van der Waals surface area contributed by atoms with E-state index in [1.807, 2.05) is 0 Å². The Kier molecular flexibility index (Phi) is 5.22. The molecule has 1 aromatic heterocycles. The van der Waals surface area contributed by atoms with Crippen LogP contribution < -0.4 is 16.6 Å². The number of hydrogen-bond donors (Lipinski definition) is 4. The number of aromatic nitrogens is 1. The number of aromatic amines is 1. The number of carbonyl (C=O) groups excluding carboxylic acids is 1. The zero-order valence-corrected chi connectivity index (χ0v) is 15.1. The summed E-state index contributed by atoms with van der Waals surface area (Å²) in [6, 6.07) is 6.49. The van der Waals surface area contributed by atoms with Gasteiger partial charge >= 0.3 is 0 Å². The Hall–Kier alpha value is -3.88. The predicted molar refractivity (Wildman–Crippen MR) is 102 cm³/mol. The maximum atomic E-state index is 14.1. The van der Waals surface area contributed by atoms with Crippen LogP contribution in [0.5, 0.6) is 0 Å². The Labute approximate surface area is 162 Å². The van der Waals surface area contributed by atoms with Crippen molar-refractivity contribution in [3.05, 3.63) is 92.7 Å². The molecule has 9 heteroatoms. The molecule has 2 aromatic carbocycles. The minimum Gasteiger partial charge on any atom is -0.366 e. The van der Waals surface area contributed by atoms with Crippen molar-refractivity contribution < 1.29 is 18.0 Å².